The number of rotatable bonds is 10. The maximum absolute atomic E-state index is 12.1. The van der Waals surface area contributed by atoms with Crippen LogP contribution in [0.25, 0.3) is 17.5 Å². The molecule has 31 heavy (non-hydrogen) atoms. The van der Waals surface area contributed by atoms with E-state index in [1.807, 2.05) is 44.2 Å². The van der Waals surface area contributed by atoms with Gasteiger partial charge in [0, 0.05) is 6.08 Å². The molecule has 0 N–H and O–H groups in total. The molecule has 1 heterocycles. The first-order valence-corrected chi connectivity index (χ1v) is 9.85. The van der Waals surface area contributed by atoms with Gasteiger partial charge in [0.05, 0.1) is 25.9 Å². The van der Waals surface area contributed by atoms with Gasteiger partial charge in [-0.2, -0.15) is 4.98 Å². The van der Waals surface area contributed by atoms with Crippen LogP contribution in [0, 0.1) is 0 Å². The van der Waals surface area contributed by atoms with E-state index >= 15 is 0 Å². The van der Waals surface area contributed by atoms with E-state index in [2.05, 4.69) is 10.1 Å². The van der Waals surface area contributed by atoms with E-state index in [-0.39, 0.29) is 12.5 Å². The molecule has 0 atom stereocenters. The van der Waals surface area contributed by atoms with Crippen molar-refractivity contribution < 1.29 is 28.3 Å². The Morgan fingerprint density at radius 1 is 1.03 bits per heavy atom. The molecule has 0 aliphatic rings. The molecular formula is C23H24N2O6. The first kappa shape index (κ1) is 21.9. The predicted molar refractivity (Wildman–Crippen MR) is 114 cm³/mol. The number of methoxy groups -OCH3 is 1. The lowest BCUT2D eigenvalue weighted by atomic mass is 10.2. The molecule has 0 amide bonds. The van der Waals surface area contributed by atoms with Crippen molar-refractivity contribution in [1.82, 2.24) is 10.1 Å². The smallest absolute Gasteiger partial charge is 0.331 e. The van der Waals surface area contributed by atoms with Crippen molar-refractivity contribution in [3.63, 3.8) is 0 Å². The molecule has 8 heteroatoms. The van der Waals surface area contributed by atoms with E-state index in [0.717, 1.165) is 5.56 Å². The zero-order chi connectivity index (χ0) is 22.1. The van der Waals surface area contributed by atoms with Crippen LogP contribution in [0.2, 0.25) is 0 Å². The number of hydrogen-bond acceptors (Lipinski definition) is 8. The average molecular weight is 424 g/mol. The maximum atomic E-state index is 12.1. The van der Waals surface area contributed by atoms with E-state index < -0.39 is 5.97 Å². The van der Waals surface area contributed by atoms with Gasteiger partial charge in [-0.3, -0.25) is 0 Å². The molecule has 162 valence electrons. The van der Waals surface area contributed by atoms with Crippen LogP contribution in [0.5, 0.6) is 17.2 Å². The highest BCUT2D eigenvalue weighted by Crippen LogP contribution is 2.29. The van der Waals surface area contributed by atoms with Gasteiger partial charge in [0.25, 0.3) is 5.89 Å². The Hall–Kier alpha value is -3.81. The van der Waals surface area contributed by atoms with Crippen LogP contribution in [0.15, 0.2) is 53.1 Å². The summed E-state index contributed by atoms with van der Waals surface area (Å²) in [6, 6.07) is 12.8. The summed E-state index contributed by atoms with van der Waals surface area (Å²) < 4.78 is 26.7. The third-order valence-corrected chi connectivity index (χ3v) is 4.13. The number of carbonyl (C=O) groups is 1. The van der Waals surface area contributed by atoms with Gasteiger partial charge < -0.3 is 23.5 Å². The first-order chi connectivity index (χ1) is 15.1. The zero-order valence-electron chi connectivity index (χ0n) is 17.7. The SMILES string of the molecule is CCOc1ccc(/C=C/C(=O)OCc2nc(-c3ccccc3OCC)no2)cc1OC. The normalized spacial score (nSPS) is 10.8. The molecule has 0 saturated carbocycles. The fourth-order valence-electron chi connectivity index (χ4n) is 2.76. The van der Waals surface area contributed by atoms with Gasteiger partial charge in [-0.1, -0.05) is 23.4 Å². The molecule has 0 saturated heterocycles. The lowest BCUT2D eigenvalue weighted by Crippen LogP contribution is -2.01. The second-order valence-corrected chi connectivity index (χ2v) is 6.23. The number of nitrogens with zero attached hydrogens (tertiary/aromatic N) is 2. The van der Waals surface area contributed by atoms with Gasteiger partial charge in [0.1, 0.15) is 5.75 Å². The fourth-order valence-corrected chi connectivity index (χ4v) is 2.76. The van der Waals surface area contributed by atoms with Crippen LogP contribution in [0.4, 0.5) is 0 Å². The Morgan fingerprint density at radius 2 is 1.81 bits per heavy atom. The lowest BCUT2D eigenvalue weighted by molar-refractivity contribution is -0.139. The summed E-state index contributed by atoms with van der Waals surface area (Å²) in [5.74, 6) is 1.90. The van der Waals surface area contributed by atoms with Gasteiger partial charge in [-0.05, 0) is 49.8 Å². The summed E-state index contributed by atoms with van der Waals surface area (Å²) in [5, 5.41) is 3.94. The highest BCUT2D eigenvalue weighted by molar-refractivity contribution is 5.87. The van der Waals surface area contributed by atoms with Crippen molar-refractivity contribution in [2.75, 3.05) is 20.3 Å². The molecule has 1 aromatic heterocycles. The summed E-state index contributed by atoms with van der Waals surface area (Å²) >= 11 is 0. The van der Waals surface area contributed by atoms with Crippen LogP contribution in [-0.4, -0.2) is 36.4 Å². The molecule has 0 unspecified atom stereocenters. The summed E-state index contributed by atoms with van der Waals surface area (Å²) in [5.41, 5.74) is 1.47. The second kappa shape index (κ2) is 10.8. The molecule has 0 aliphatic heterocycles. The van der Waals surface area contributed by atoms with Gasteiger partial charge in [0.15, 0.2) is 18.1 Å². The number of carbonyl (C=O) groups excluding carboxylic acids is 1. The Morgan fingerprint density at radius 3 is 2.58 bits per heavy atom. The minimum Gasteiger partial charge on any atom is -0.493 e. The molecule has 0 spiro atoms. The first-order valence-electron chi connectivity index (χ1n) is 9.85. The largest absolute Gasteiger partial charge is 0.493 e. The van der Waals surface area contributed by atoms with E-state index in [4.69, 9.17) is 23.5 Å². The summed E-state index contributed by atoms with van der Waals surface area (Å²) in [6.07, 6.45) is 2.94. The number of hydrogen-bond donors (Lipinski definition) is 0. The summed E-state index contributed by atoms with van der Waals surface area (Å²) in [4.78, 5) is 16.3. The topological polar surface area (TPSA) is 92.9 Å². The number of aromatic nitrogens is 2. The van der Waals surface area contributed by atoms with Gasteiger partial charge in [0.2, 0.25) is 5.82 Å². The average Bonchev–Trinajstić information content (AvgIpc) is 3.26. The van der Waals surface area contributed by atoms with Crippen LogP contribution >= 0.6 is 0 Å². The van der Waals surface area contributed by atoms with Crippen molar-refractivity contribution >= 4 is 12.0 Å². The fraction of sp³-hybridized carbons (Fsp3) is 0.261. The highest BCUT2D eigenvalue weighted by atomic mass is 16.6. The third kappa shape index (κ3) is 5.85. The maximum Gasteiger partial charge on any atom is 0.331 e. The van der Waals surface area contributed by atoms with E-state index in [1.54, 1.807) is 25.3 Å². The summed E-state index contributed by atoms with van der Waals surface area (Å²) in [7, 11) is 1.56. The van der Waals surface area contributed by atoms with Crippen molar-refractivity contribution in [2.45, 2.75) is 20.5 Å². The van der Waals surface area contributed by atoms with E-state index in [0.29, 0.717) is 41.9 Å². The second-order valence-electron chi connectivity index (χ2n) is 6.23. The minimum absolute atomic E-state index is 0.139. The minimum atomic E-state index is -0.540. The van der Waals surface area contributed by atoms with Gasteiger partial charge in [-0.15, -0.1) is 0 Å². The lowest BCUT2D eigenvalue weighted by Gasteiger charge is -2.09. The number of benzene rings is 2. The van der Waals surface area contributed by atoms with E-state index in [9.17, 15) is 4.79 Å². The third-order valence-electron chi connectivity index (χ3n) is 4.13. The van der Waals surface area contributed by atoms with Crippen LogP contribution < -0.4 is 14.2 Å². The molecule has 0 fully saturated rings. The number of para-hydroxylation sites is 1. The van der Waals surface area contributed by atoms with Crippen LogP contribution in [-0.2, 0) is 16.1 Å². The van der Waals surface area contributed by atoms with Crippen LogP contribution in [0.1, 0.15) is 25.3 Å². The van der Waals surface area contributed by atoms with Gasteiger partial charge in [-0.25, -0.2) is 4.79 Å². The monoisotopic (exact) mass is 424 g/mol. The Bertz CT molecular complexity index is 1040. The quantitative estimate of drug-likeness (QED) is 0.351. The van der Waals surface area contributed by atoms with Gasteiger partial charge >= 0.3 is 5.97 Å². The molecule has 8 nitrogen and oxygen atoms in total. The Labute approximate surface area is 180 Å². The van der Waals surface area contributed by atoms with Crippen molar-refractivity contribution in [2.24, 2.45) is 0 Å². The predicted octanol–water partition coefficient (Wildman–Crippen LogP) is 4.30. The zero-order valence-corrected chi connectivity index (χ0v) is 17.7. The van der Waals surface area contributed by atoms with Crippen molar-refractivity contribution in [3.05, 3.63) is 60.0 Å². The Balaban J connectivity index is 1.59. The standard InChI is InChI=1S/C23H24N2O6/c1-4-28-18-9-7-6-8-17(18)23-24-21(31-25-23)15-30-22(26)13-11-16-10-12-19(29-5-2)20(14-16)27-3/h6-14H,4-5,15H2,1-3H3/b13-11+. The molecule has 2 aromatic carbocycles. The molecule has 3 aromatic rings. The molecule has 3 rings (SSSR count). The Kier molecular flexibility index (Phi) is 7.64. The molecule has 0 bridgehead atoms. The highest BCUT2D eigenvalue weighted by Gasteiger charge is 2.14. The van der Waals surface area contributed by atoms with Crippen LogP contribution in [0.3, 0.4) is 0 Å². The van der Waals surface area contributed by atoms with Crippen molar-refractivity contribution in [1.29, 1.82) is 0 Å². The summed E-state index contributed by atoms with van der Waals surface area (Å²) in [6.45, 7) is 4.71. The molecular weight excluding hydrogens is 400 g/mol. The number of esters is 1. The number of ether oxygens (including phenoxy) is 4. The molecule has 0 aliphatic carbocycles. The van der Waals surface area contributed by atoms with Crippen molar-refractivity contribution in [3.8, 4) is 28.6 Å². The van der Waals surface area contributed by atoms with E-state index in [1.165, 1.54) is 6.08 Å². The molecule has 0 radical (unpaired) electrons.